The summed E-state index contributed by atoms with van der Waals surface area (Å²) in [6, 6.07) is 7.79. The monoisotopic (exact) mass is 479 g/mol. The Hall–Kier alpha value is -2.89. The molecule has 35 heavy (non-hydrogen) atoms. The van der Waals surface area contributed by atoms with E-state index < -0.39 is 0 Å². The fourth-order valence-corrected chi connectivity index (χ4v) is 5.06. The molecular weight excluding hydrogens is 442 g/mol. The maximum absolute atomic E-state index is 14.0. The molecule has 2 fully saturated rings. The largest absolute Gasteiger partial charge is 0.378 e. The predicted octanol–water partition coefficient (Wildman–Crippen LogP) is 2.38. The minimum absolute atomic E-state index is 0.0719. The molecule has 1 aromatic heterocycles. The predicted molar refractivity (Wildman–Crippen MR) is 136 cm³/mol. The van der Waals surface area contributed by atoms with Crippen LogP contribution in [0.15, 0.2) is 24.3 Å². The van der Waals surface area contributed by atoms with E-state index in [4.69, 9.17) is 9.72 Å². The highest BCUT2D eigenvalue weighted by Crippen LogP contribution is 2.24. The van der Waals surface area contributed by atoms with Crippen molar-refractivity contribution < 1.29 is 14.3 Å². The summed E-state index contributed by atoms with van der Waals surface area (Å²) in [5.41, 5.74) is 1.76. The van der Waals surface area contributed by atoms with E-state index in [2.05, 4.69) is 31.0 Å². The Balaban J connectivity index is 1.60. The molecule has 2 aromatic rings. The maximum Gasteiger partial charge on any atom is 0.290 e. The zero-order valence-electron chi connectivity index (χ0n) is 21.1. The number of ether oxygens (including phenoxy) is 1. The first-order valence-electron chi connectivity index (χ1n) is 12.7. The van der Waals surface area contributed by atoms with Crippen LogP contribution in [0.4, 0.5) is 0 Å². The number of carbonyl (C=O) groups excluding carboxylic acids is 2. The number of aromatic nitrogens is 2. The van der Waals surface area contributed by atoms with Gasteiger partial charge < -0.3 is 24.4 Å². The molecule has 8 heteroatoms. The molecular formula is C27H37N5O3. The molecule has 8 nitrogen and oxygen atoms in total. The van der Waals surface area contributed by atoms with Crippen LogP contribution in [-0.2, 0) is 16.1 Å². The summed E-state index contributed by atoms with van der Waals surface area (Å²) in [6.45, 7) is 11.1. The lowest BCUT2D eigenvalue weighted by Gasteiger charge is -2.40. The van der Waals surface area contributed by atoms with Crippen LogP contribution in [0.2, 0.25) is 0 Å². The number of hydrogen-bond acceptors (Lipinski definition) is 5. The lowest BCUT2D eigenvalue weighted by Crippen LogP contribution is -2.56. The van der Waals surface area contributed by atoms with Crippen LogP contribution >= 0.6 is 0 Å². The zero-order chi connectivity index (χ0) is 24.8. The fourth-order valence-electron chi connectivity index (χ4n) is 5.06. The standard InChI is InChI=1S/C27H37N5O3/c1-4-5-8-11-31-24-10-7-6-9-23(24)29-25(31)27(34)32(19-20(2)3)22-16-21(17-28-18-22)26(33)30-12-14-35-15-13-30/h6-7,9-10,20-22,28H,8,11-19H2,1-3H3/t21-,22+/m1/s1. The minimum Gasteiger partial charge on any atom is -0.378 e. The van der Waals surface area contributed by atoms with Crippen molar-refractivity contribution in [2.45, 2.75) is 46.2 Å². The summed E-state index contributed by atoms with van der Waals surface area (Å²) >= 11 is 0. The number of fused-ring (bicyclic) bond motifs is 1. The van der Waals surface area contributed by atoms with Gasteiger partial charge in [0, 0.05) is 51.7 Å². The van der Waals surface area contributed by atoms with Crippen molar-refractivity contribution in [2.24, 2.45) is 11.8 Å². The average Bonchev–Trinajstić information content (AvgIpc) is 3.25. The van der Waals surface area contributed by atoms with E-state index in [9.17, 15) is 9.59 Å². The van der Waals surface area contributed by atoms with Crippen LogP contribution in [0.5, 0.6) is 0 Å². The average molecular weight is 480 g/mol. The van der Waals surface area contributed by atoms with Crippen LogP contribution in [0.25, 0.3) is 11.0 Å². The van der Waals surface area contributed by atoms with E-state index in [-0.39, 0.29) is 29.7 Å². The van der Waals surface area contributed by atoms with Gasteiger partial charge in [-0.25, -0.2) is 4.98 Å². The Bertz CT molecular complexity index is 1090. The molecule has 1 N–H and O–H groups in total. The first kappa shape index (κ1) is 25.2. The number of amides is 2. The van der Waals surface area contributed by atoms with Gasteiger partial charge in [0.15, 0.2) is 5.82 Å². The van der Waals surface area contributed by atoms with Crippen molar-refractivity contribution >= 4 is 22.8 Å². The van der Waals surface area contributed by atoms with Crippen molar-refractivity contribution in [3.63, 3.8) is 0 Å². The summed E-state index contributed by atoms with van der Waals surface area (Å²) in [7, 11) is 0. The molecule has 2 aliphatic heterocycles. The number of para-hydroxylation sites is 2. The molecule has 0 spiro atoms. The molecule has 2 aliphatic rings. The molecule has 3 heterocycles. The highest BCUT2D eigenvalue weighted by atomic mass is 16.5. The van der Waals surface area contributed by atoms with Crippen LogP contribution in [0.3, 0.4) is 0 Å². The molecule has 0 radical (unpaired) electrons. The Morgan fingerprint density at radius 3 is 2.74 bits per heavy atom. The van der Waals surface area contributed by atoms with Gasteiger partial charge in [-0.1, -0.05) is 26.0 Å². The van der Waals surface area contributed by atoms with Gasteiger partial charge in [-0.3, -0.25) is 9.59 Å². The van der Waals surface area contributed by atoms with Crippen molar-refractivity contribution in [3.05, 3.63) is 30.1 Å². The number of nitrogens with one attached hydrogen (secondary N) is 1. The number of hydrogen-bond donors (Lipinski definition) is 1. The summed E-state index contributed by atoms with van der Waals surface area (Å²) < 4.78 is 7.41. The van der Waals surface area contributed by atoms with Crippen molar-refractivity contribution in [3.8, 4) is 11.8 Å². The topological polar surface area (TPSA) is 79.7 Å². The van der Waals surface area contributed by atoms with Crippen LogP contribution in [0.1, 0.15) is 44.2 Å². The van der Waals surface area contributed by atoms with Crippen LogP contribution in [-0.4, -0.2) is 83.1 Å². The summed E-state index contributed by atoms with van der Waals surface area (Å²) in [4.78, 5) is 35.9. The van der Waals surface area contributed by atoms with Crippen molar-refractivity contribution in [1.29, 1.82) is 0 Å². The SMILES string of the molecule is CC#CCCn1c(C(=O)N(CC(C)C)[C@@H]2CNC[C@H](C(=O)N3CCOCC3)C2)nc2ccccc21. The lowest BCUT2D eigenvalue weighted by atomic mass is 9.92. The van der Waals surface area contributed by atoms with E-state index in [1.807, 2.05) is 45.6 Å². The van der Waals surface area contributed by atoms with E-state index in [0.29, 0.717) is 71.1 Å². The number of piperidine rings is 1. The highest BCUT2D eigenvalue weighted by Gasteiger charge is 2.36. The first-order chi connectivity index (χ1) is 17.0. The number of aryl methyl sites for hydroxylation is 1. The summed E-state index contributed by atoms with van der Waals surface area (Å²) in [5, 5.41) is 3.43. The van der Waals surface area contributed by atoms with Gasteiger partial charge in [-0.2, -0.15) is 0 Å². The molecule has 0 unspecified atom stereocenters. The molecule has 0 saturated carbocycles. The second-order valence-corrected chi connectivity index (χ2v) is 9.79. The van der Waals surface area contributed by atoms with Gasteiger partial charge in [0.2, 0.25) is 5.91 Å². The number of morpholine rings is 1. The fraction of sp³-hybridized carbons (Fsp3) is 0.593. The van der Waals surface area contributed by atoms with Gasteiger partial charge in [-0.15, -0.1) is 11.8 Å². The Morgan fingerprint density at radius 1 is 1.23 bits per heavy atom. The normalized spacial score (nSPS) is 20.5. The van der Waals surface area contributed by atoms with Gasteiger partial charge in [-0.05, 0) is 31.4 Å². The highest BCUT2D eigenvalue weighted by molar-refractivity contribution is 5.95. The number of nitrogens with zero attached hydrogens (tertiary/aromatic N) is 4. The van der Waals surface area contributed by atoms with E-state index >= 15 is 0 Å². The van der Waals surface area contributed by atoms with E-state index in [1.165, 1.54) is 0 Å². The number of benzene rings is 1. The molecule has 0 aliphatic carbocycles. The van der Waals surface area contributed by atoms with Crippen molar-refractivity contribution in [2.75, 3.05) is 45.9 Å². The van der Waals surface area contributed by atoms with Gasteiger partial charge in [0.1, 0.15) is 0 Å². The zero-order valence-corrected chi connectivity index (χ0v) is 21.1. The molecule has 1 aromatic carbocycles. The maximum atomic E-state index is 14.0. The summed E-state index contributed by atoms with van der Waals surface area (Å²) in [5.74, 6) is 6.72. The molecule has 4 rings (SSSR count). The number of imidazole rings is 1. The number of rotatable bonds is 7. The quantitative estimate of drug-likeness (QED) is 0.617. The lowest BCUT2D eigenvalue weighted by molar-refractivity contribution is -0.140. The van der Waals surface area contributed by atoms with Gasteiger partial charge in [0.25, 0.3) is 5.91 Å². The number of carbonyl (C=O) groups is 2. The second-order valence-electron chi connectivity index (χ2n) is 9.79. The van der Waals surface area contributed by atoms with Crippen LogP contribution < -0.4 is 5.32 Å². The third kappa shape index (κ3) is 5.85. The van der Waals surface area contributed by atoms with Gasteiger partial charge >= 0.3 is 0 Å². The minimum atomic E-state index is -0.145. The molecule has 2 atom stereocenters. The summed E-state index contributed by atoms with van der Waals surface area (Å²) in [6.07, 6.45) is 1.31. The third-order valence-electron chi connectivity index (χ3n) is 6.75. The smallest absolute Gasteiger partial charge is 0.290 e. The molecule has 0 bridgehead atoms. The van der Waals surface area contributed by atoms with Gasteiger partial charge in [0.05, 0.1) is 30.2 Å². The van der Waals surface area contributed by atoms with Crippen LogP contribution in [0, 0.1) is 23.7 Å². The molecule has 188 valence electrons. The second kappa shape index (κ2) is 11.7. The van der Waals surface area contributed by atoms with Crippen molar-refractivity contribution in [1.82, 2.24) is 24.7 Å². The first-order valence-corrected chi connectivity index (χ1v) is 12.7. The molecule has 2 saturated heterocycles. The molecule has 2 amide bonds. The van der Waals surface area contributed by atoms with E-state index in [0.717, 1.165) is 11.0 Å². The Labute approximate surface area is 208 Å². The Morgan fingerprint density at radius 2 is 2.00 bits per heavy atom. The third-order valence-corrected chi connectivity index (χ3v) is 6.75. The van der Waals surface area contributed by atoms with E-state index in [1.54, 1.807) is 0 Å². The Kier molecular flexibility index (Phi) is 8.42.